The minimum atomic E-state index is -3.71. The molecule has 2 heterocycles. The highest BCUT2D eigenvalue weighted by molar-refractivity contribution is 7.94. The fourth-order valence-electron chi connectivity index (χ4n) is 1.84. The van der Waals surface area contributed by atoms with Gasteiger partial charge in [0.1, 0.15) is 5.82 Å². The van der Waals surface area contributed by atoms with Gasteiger partial charge in [-0.1, -0.05) is 35.9 Å². The fourth-order valence-corrected chi connectivity index (χ4v) is 3.87. The number of pyridine rings is 1. The van der Waals surface area contributed by atoms with Gasteiger partial charge in [-0.2, -0.15) is 8.42 Å². The monoisotopic (exact) mass is 331 g/mol. The van der Waals surface area contributed by atoms with Crippen molar-refractivity contribution in [1.29, 1.82) is 0 Å². The van der Waals surface area contributed by atoms with E-state index in [1.807, 2.05) is 31.2 Å². The molecule has 0 atom stereocenters. The Morgan fingerprint density at radius 3 is 2.55 bits per heavy atom. The molecule has 0 aliphatic rings. The Morgan fingerprint density at radius 2 is 1.86 bits per heavy atom. The lowest BCUT2D eigenvalue weighted by atomic mass is 10.1. The van der Waals surface area contributed by atoms with Crippen molar-refractivity contribution in [3.8, 4) is 11.3 Å². The van der Waals surface area contributed by atoms with Crippen LogP contribution in [0.2, 0.25) is 0 Å². The zero-order valence-electron chi connectivity index (χ0n) is 11.7. The average Bonchev–Trinajstić information content (AvgIpc) is 2.99. The van der Waals surface area contributed by atoms with Gasteiger partial charge in [0.05, 0.1) is 5.69 Å². The molecule has 3 aromatic rings. The van der Waals surface area contributed by atoms with Gasteiger partial charge < -0.3 is 0 Å². The third-order valence-corrected chi connectivity index (χ3v) is 5.57. The molecule has 1 aromatic carbocycles. The molecule has 0 saturated carbocycles. The number of aromatic nitrogens is 2. The first kappa shape index (κ1) is 14.7. The quantitative estimate of drug-likeness (QED) is 0.796. The first-order valence-corrected chi connectivity index (χ1v) is 8.87. The summed E-state index contributed by atoms with van der Waals surface area (Å²) in [6.45, 7) is 2.00. The first-order valence-electron chi connectivity index (χ1n) is 6.51. The summed E-state index contributed by atoms with van der Waals surface area (Å²) >= 11 is 1.09. The predicted octanol–water partition coefficient (Wildman–Crippen LogP) is 3.31. The predicted molar refractivity (Wildman–Crippen MR) is 87.3 cm³/mol. The number of nitrogens with one attached hydrogen (secondary N) is 1. The van der Waals surface area contributed by atoms with Crippen LogP contribution in [0.25, 0.3) is 11.3 Å². The third-order valence-electron chi connectivity index (χ3n) is 2.96. The lowest BCUT2D eigenvalue weighted by Crippen LogP contribution is -2.13. The van der Waals surface area contributed by atoms with Crippen LogP contribution in [-0.2, 0) is 10.0 Å². The van der Waals surface area contributed by atoms with E-state index in [1.54, 1.807) is 23.6 Å². The SMILES string of the molecule is Cc1ccc(-c2csc(S(=O)(=O)Nc3ccccn3)n2)cc1. The molecule has 0 saturated heterocycles. The summed E-state index contributed by atoms with van der Waals surface area (Å²) in [4.78, 5) is 8.17. The van der Waals surface area contributed by atoms with Gasteiger partial charge in [0.2, 0.25) is 4.34 Å². The van der Waals surface area contributed by atoms with Crippen LogP contribution in [0, 0.1) is 6.92 Å². The van der Waals surface area contributed by atoms with Crippen molar-refractivity contribution in [3.05, 3.63) is 59.6 Å². The Kier molecular flexibility index (Phi) is 3.91. The van der Waals surface area contributed by atoms with E-state index in [0.717, 1.165) is 22.5 Å². The molecule has 0 radical (unpaired) electrons. The highest BCUT2D eigenvalue weighted by atomic mass is 32.2. The summed E-state index contributed by atoms with van der Waals surface area (Å²) < 4.78 is 27.0. The Hall–Kier alpha value is -2.25. The second kappa shape index (κ2) is 5.86. The number of thiazole rings is 1. The molecule has 22 heavy (non-hydrogen) atoms. The van der Waals surface area contributed by atoms with Gasteiger partial charge in [0.25, 0.3) is 10.0 Å². The molecular formula is C15H13N3O2S2. The Morgan fingerprint density at radius 1 is 1.09 bits per heavy atom. The molecular weight excluding hydrogens is 318 g/mol. The molecule has 0 spiro atoms. The molecule has 112 valence electrons. The number of rotatable bonds is 4. The van der Waals surface area contributed by atoms with Crippen LogP contribution >= 0.6 is 11.3 Å². The summed E-state index contributed by atoms with van der Waals surface area (Å²) in [6, 6.07) is 12.8. The second-order valence-corrected chi connectivity index (χ2v) is 7.40. The van der Waals surface area contributed by atoms with Gasteiger partial charge in [-0.25, -0.2) is 9.97 Å². The zero-order chi connectivity index (χ0) is 15.6. The van der Waals surface area contributed by atoms with Crippen molar-refractivity contribution < 1.29 is 8.42 Å². The number of aryl methyl sites for hydroxylation is 1. The summed E-state index contributed by atoms with van der Waals surface area (Å²) in [5.41, 5.74) is 2.68. The number of hydrogen-bond acceptors (Lipinski definition) is 5. The lowest BCUT2D eigenvalue weighted by molar-refractivity contribution is 0.600. The topological polar surface area (TPSA) is 72.0 Å². The maximum atomic E-state index is 12.3. The van der Waals surface area contributed by atoms with E-state index in [2.05, 4.69) is 14.7 Å². The molecule has 0 aliphatic heterocycles. The van der Waals surface area contributed by atoms with E-state index in [1.165, 1.54) is 6.20 Å². The molecule has 0 unspecified atom stereocenters. The number of anilines is 1. The Bertz CT molecular complexity index is 873. The maximum absolute atomic E-state index is 12.3. The van der Waals surface area contributed by atoms with Crippen LogP contribution in [-0.4, -0.2) is 18.4 Å². The largest absolute Gasteiger partial charge is 0.290 e. The lowest BCUT2D eigenvalue weighted by Gasteiger charge is -2.03. The molecule has 2 aromatic heterocycles. The standard InChI is InChI=1S/C15H13N3O2S2/c1-11-5-7-12(8-6-11)13-10-21-15(17-13)22(19,20)18-14-4-2-3-9-16-14/h2-10H,1H3,(H,16,18). The van der Waals surface area contributed by atoms with E-state index < -0.39 is 10.0 Å². The first-order chi connectivity index (χ1) is 10.5. The van der Waals surface area contributed by atoms with Crippen LogP contribution < -0.4 is 4.72 Å². The molecule has 0 fully saturated rings. The second-order valence-electron chi connectivity index (χ2n) is 4.69. The third kappa shape index (κ3) is 3.15. The van der Waals surface area contributed by atoms with Gasteiger partial charge in [-0.3, -0.25) is 4.72 Å². The number of hydrogen-bond donors (Lipinski definition) is 1. The smallest absolute Gasteiger partial charge is 0.261 e. The molecule has 5 nitrogen and oxygen atoms in total. The molecule has 7 heteroatoms. The van der Waals surface area contributed by atoms with E-state index in [0.29, 0.717) is 5.69 Å². The van der Waals surface area contributed by atoms with E-state index in [9.17, 15) is 8.42 Å². The summed E-state index contributed by atoms with van der Waals surface area (Å²) in [7, 11) is -3.71. The van der Waals surface area contributed by atoms with Gasteiger partial charge in [-0.15, -0.1) is 11.3 Å². The van der Waals surface area contributed by atoms with Crippen molar-refractivity contribution >= 4 is 27.2 Å². The summed E-state index contributed by atoms with van der Waals surface area (Å²) in [5.74, 6) is 0.273. The fraction of sp³-hybridized carbons (Fsp3) is 0.0667. The normalized spacial score (nSPS) is 11.3. The zero-order valence-corrected chi connectivity index (χ0v) is 13.4. The van der Waals surface area contributed by atoms with Crippen molar-refractivity contribution in [3.63, 3.8) is 0 Å². The van der Waals surface area contributed by atoms with Gasteiger partial charge >= 0.3 is 0 Å². The van der Waals surface area contributed by atoms with Crippen molar-refractivity contribution in [2.75, 3.05) is 4.72 Å². The molecule has 1 N–H and O–H groups in total. The van der Waals surface area contributed by atoms with Crippen LogP contribution in [0.15, 0.2) is 58.4 Å². The summed E-state index contributed by atoms with van der Waals surface area (Å²) in [6.07, 6.45) is 1.53. The number of nitrogens with zero attached hydrogens (tertiary/aromatic N) is 2. The van der Waals surface area contributed by atoms with Crippen molar-refractivity contribution in [1.82, 2.24) is 9.97 Å². The Labute approximate surface area is 132 Å². The van der Waals surface area contributed by atoms with Gasteiger partial charge in [-0.05, 0) is 19.1 Å². The van der Waals surface area contributed by atoms with E-state index >= 15 is 0 Å². The van der Waals surface area contributed by atoms with Crippen LogP contribution in [0.3, 0.4) is 0 Å². The van der Waals surface area contributed by atoms with Crippen molar-refractivity contribution in [2.24, 2.45) is 0 Å². The van der Waals surface area contributed by atoms with Crippen LogP contribution in [0.1, 0.15) is 5.56 Å². The number of sulfonamides is 1. The molecule has 0 amide bonds. The minimum absolute atomic E-state index is 0.0220. The van der Waals surface area contributed by atoms with E-state index in [-0.39, 0.29) is 10.2 Å². The van der Waals surface area contributed by atoms with Crippen molar-refractivity contribution in [2.45, 2.75) is 11.3 Å². The number of benzene rings is 1. The van der Waals surface area contributed by atoms with Gasteiger partial charge in [0, 0.05) is 17.1 Å². The average molecular weight is 331 g/mol. The van der Waals surface area contributed by atoms with E-state index in [4.69, 9.17) is 0 Å². The molecule has 3 rings (SSSR count). The summed E-state index contributed by atoms with van der Waals surface area (Å²) in [5, 5.41) is 1.73. The molecule has 0 bridgehead atoms. The van der Waals surface area contributed by atoms with Crippen LogP contribution in [0.5, 0.6) is 0 Å². The maximum Gasteiger partial charge on any atom is 0.290 e. The molecule has 0 aliphatic carbocycles. The minimum Gasteiger partial charge on any atom is -0.261 e. The highest BCUT2D eigenvalue weighted by Gasteiger charge is 2.19. The highest BCUT2D eigenvalue weighted by Crippen LogP contribution is 2.25. The van der Waals surface area contributed by atoms with Crippen LogP contribution in [0.4, 0.5) is 5.82 Å². The Balaban J connectivity index is 1.88. The van der Waals surface area contributed by atoms with Gasteiger partial charge in [0.15, 0.2) is 0 Å².